The van der Waals surface area contributed by atoms with E-state index in [0.29, 0.717) is 12.6 Å². The van der Waals surface area contributed by atoms with Gasteiger partial charge in [0.1, 0.15) is 12.2 Å². The Hall–Kier alpha value is -1.30. The van der Waals surface area contributed by atoms with E-state index < -0.39 is 17.6 Å². The fourth-order valence-corrected chi connectivity index (χ4v) is 3.70. The minimum absolute atomic E-state index is 0. The average molecular weight is 513 g/mol. The third kappa shape index (κ3) is 5.85. The van der Waals surface area contributed by atoms with Crippen molar-refractivity contribution in [3.05, 3.63) is 23.9 Å². The summed E-state index contributed by atoms with van der Waals surface area (Å²) in [6.07, 6.45) is 0.468. The van der Waals surface area contributed by atoms with Gasteiger partial charge in [0, 0.05) is 32.4 Å². The summed E-state index contributed by atoms with van der Waals surface area (Å²) in [4.78, 5) is 12.7. The third-order valence-electron chi connectivity index (χ3n) is 5.03. The van der Waals surface area contributed by atoms with Gasteiger partial charge in [0.2, 0.25) is 5.88 Å². The number of rotatable bonds is 5. The molecule has 0 bridgehead atoms. The van der Waals surface area contributed by atoms with Crippen LogP contribution in [-0.4, -0.2) is 73.2 Å². The fourth-order valence-electron chi connectivity index (χ4n) is 3.70. The van der Waals surface area contributed by atoms with Gasteiger partial charge in [-0.3, -0.25) is 9.89 Å². The maximum absolute atomic E-state index is 12.9. The molecule has 1 aromatic rings. The molecule has 1 aromatic heterocycles. The Bertz CT molecular complexity index is 652. The summed E-state index contributed by atoms with van der Waals surface area (Å²) in [7, 11) is 1.72. The smallest absolute Gasteiger partial charge is 0.421 e. The van der Waals surface area contributed by atoms with Gasteiger partial charge in [0.15, 0.2) is 5.96 Å². The van der Waals surface area contributed by atoms with E-state index in [1.807, 2.05) is 0 Å². The average Bonchev–Trinajstić information content (AvgIpc) is 3.33. The van der Waals surface area contributed by atoms with Gasteiger partial charge in [-0.25, -0.2) is 4.98 Å². The van der Waals surface area contributed by atoms with Crippen LogP contribution in [0, 0.1) is 0 Å². The number of guanidine groups is 1. The highest BCUT2D eigenvalue weighted by atomic mass is 127. The van der Waals surface area contributed by atoms with Crippen molar-refractivity contribution >= 4 is 29.9 Å². The van der Waals surface area contributed by atoms with E-state index in [-0.39, 0.29) is 30.6 Å². The predicted molar refractivity (Wildman–Crippen MR) is 112 cm³/mol. The van der Waals surface area contributed by atoms with Crippen molar-refractivity contribution in [3.63, 3.8) is 0 Å². The third-order valence-corrected chi connectivity index (χ3v) is 5.03. The molecule has 28 heavy (non-hydrogen) atoms. The van der Waals surface area contributed by atoms with Gasteiger partial charge < -0.3 is 15.0 Å². The first kappa shape index (κ1) is 23.0. The summed E-state index contributed by atoms with van der Waals surface area (Å²) >= 11 is 0. The molecule has 1 unspecified atom stereocenters. The van der Waals surface area contributed by atoms with E-state index in [1.54, 1.807) is 7.05 Å². The molecule has 0 aromatic carbocycles. The molecule has 0 aliphatic carbocycles. The maximum atomic E-state index is 12.9. The molecule has 0 radical (unpaired) electrons. The number of ether oxygens (including phenoxy) is 1. The van der Waals surface area contributed by atoms with Crippen molar-refractivity contribution in [1.29, 1.82) is 0 Å². The zero-order chi connectivity index (χ0) is 19.3. The number of aromatic nitrogens is 1. The van der Waals surface area contributed by atoms with Crippen LogP contribution in [0.2, 0.25) is 0 Å². The monoisotopic (exact) mass is 513 g/mol. The molecule has 0 spiro atoms. The molecule has 6 nitrogen and oxygen atoms in total. The van der Waals surface area contributed by atoms with E-state index >= 15 is 0 Å². The number of nitrogens with zero attached hydrogens (tertiary/aromatic N) is 4. The van der Waals surface area contributed by atoms with Crippen molar-refractivity contribution in [2.45, 2.75) is 31.5 Å². The lowest BCUT2D eigenvalue weighted by molar-refractivity contribution is -0.139. The van der Waals surface area contributed by atoms with Gasteiger partial charge in [0.05, 0.1) is 6.54 Å². The first-order valence-electron chi connectivity index (χ1n) is 9.33. The quantitative estimate of drug-likeness (QED) is 0.284. The molecule has 158 valence electrons. The first-order valence-corrected chi connectivity index (χ1v) is 9.33. The molecule has 2 fully saturated rings. The van der Waals surface area contributed by atoms with Crippen LogP contribution in [0.5, 0.6) is 5.88 Å². The van der Waals surface area contributed by atoms with Crippen LogP contribution in [0.4, 0.5) is 13.2 Å². The van der Waals surface area contributed by atoms with Gasteiger partial charge >= 0.3 is 6.18 Å². The molecule has 1 atom stereocenters. The molecule has 0 saturated carbocycles. The largest absolute Gasteiger partial charge is 0.475 e. The summed E-state index contributed by atoms with van der Waals surface area (Å²) in [6, 6.07) is 2.78. The van der Waals surface area contributed by atoms with Crippen LogP contribution in [0.25, 0.3) is 0 Å². The predicted octanol–water partition coefficient (Wildman–Crippen LogP) is 2.84. The van der Waals surface area contributed by atoms with E-state index in [0.717, 1.165) is 31.5 Å². The summed E-state index contributed by atoms with van der Waals surface area (Å²) in [5, 5.41) is 3.17. The summed E-state index contributed by atoms with van der Waals surface area (Å²) < 4.78 is 44.1. The minimum atomic E-state index is -4.48. The van der Waals surface area contributed by atoms with Crippen molar-refractivity contribution in [1.82, 2.24) is 20.1 Å². The van der Waals surface area contributed by atoms with Crippen molar-refractivity contribution in [3.8, 4) is 5.88 Å². The van der Waals surface area contributed by atoms with E-state index in [1.165, 1.54) is 38.2 Å². The number of nitrogens with one attached hydrogen (secondary N) is 1. The molecule has 3 heterocycles. The Morgan fingerprint density at radius 1 is 1.32 bits per heavy atom. The Balaban J connectivity index is 0.00000280. The highest BCUT2D eigenvalue weighted by Crippen LogP contribution is 2.34. The van der Waals surface area contributed by atoms with Crippen LogP contribution >= 0.6 is 24.0 Å². The topological polar surface area (TPSA) is 53.0 Å². The zero-order valence-electron chi connectivity index (χ0n) is 15.9. The van der Waals surface area contributed by atoms with E-state index in [4.69, 9.17) is 4.74 Å². The van der Waals surface area contributed by atoms with Gasteiger partial charge in [0.25, 0.3) is 0 Å². The van der Waals surface area contributed by atoms with E-state index in [9.17, 15) is 13.2 Å². The maximum Gasteiger partial charge on any atom is 0.421 e. The number of alkyl halides is 3. The van der Waals surface area contributed by atoms with Crippen LogP contribution in [-0.2, 0) is 6.18 Å². The molecular weight excluding hydrogens is 486 g/mol. The van der Waals surface area contributed by atoms with Crippen LogP contribution in [0.3, 0.4) is 0 Å². The summed E-state index contributed by atoms with van der Waals surface area (Å²) in [6.45, 7) is 4.63. The standard InChI is InChI=1S/C18H26F3N5O.HI/c1-22-17(26-11-6-14(13-26)25-9-2-3-10-25)24-8-12-27-16-15(18(19,20)21)5-4-7-23-16;/h4-5,7,14H,2-3,6,8-13H2,1H3,(H,22,24);1H. The van der Waals surface area contributed by atoms with Crippen LogP contribution in [0.15, 0.2) is 23.3 Å². The summed E-state index contributed by atoms with van der Waals surface area (Å²) in [5.74, 6) is 0.370. The number of hydrogen-bond acceptors (Lipinski definition) is 4. The van der Waals surface area contributed by atoms with Crippen molar-refractivity contribution in [2.24, 2.45) is 4.99 Å². The van der Waals surface area contributed by atoms with Crippen LogP contribution in [0.1, 0.15) is 24.8 Å². The van der Waals surface area contributed by atoms with Crippen molar-refractivity contribution in [2.75, 3.05) is 46.4 Å². The Morgan fingerprint density at radius 2 is 2.07 bits per heavy atom. The fraction of sp³-hybridized carbons (Fsp3) is 0.667. The van der Waals surface area contributed by atoms with Gasteiger partial charge in [-0.1, -0.05) is 0 Å². The van der Waals surface area contributed by atoms with Gasteiger partial charge in [-0.2, -0.15) is 13.2 Å². The Labute approximate surface area is 180 Å². The molecule has 0 amide bonds. The Kier molecular flexibility index (Phi) is 8.59. The first-order chi connectivity index (χ1) is 13.0. The second-order valence-electron chi connectivity index (χ2n) is 6.81. The number of likely N-dealkylation sites (tertiary alicyclic amines) is 2. The number of pyridine rings is 1. The SMILES string of the molecule is CN=C(NCCOc1ncccc1C(F)(F)F)N1CCC(N2CCCC2)C1.I. The molecule has 2 aliphatic rings. The second-order valence-corrected chi connectivity index (χ2v) is 6.81. The second kappa shape index (κ2) is 10.5. The van der Waals surface area contributed by atoms with Gasteiger partial charge in [-0.15, -0.1) is 24.0 Å². The highest BCUT2D eigenvalue weighted by Gasteiger charge is 2.35. The zero-order valence-corrected chi connectivity index (χ0v) is 18.2. The molecule has 3 rings (SSSR count). The lowest BCUT2D eigenvalue weighted by Gasteiger charge is -2.25. The van der Waals surface area contributed by atoms with Crippen LogP contribution < -0.4 is 10.1 Å². The minimum Gasteiger partial charge on any atom is -0.475 e. The van der Waals surface area contributed by atoms with E-state index in [2.05, 4.69) is 25.1 Å². The Morgan fingerprint density at radius 3 is 2.75 bits per heavy atom. The number of halogens is 4. The molecular formula is C18H27F3IN5O. The normalized spacial score (nSPS) is 20.9. The van der Waals surface area contributed by atoms with Gasteiger partial charge in [-0.05, 0) is 44.5 Å². The molecule has 2 aliphatic heterocycles. The lowest BCUT2D eigenvalue weighted by Crippen LogP contribution is -2.43. The number of hydrogen-bond donors (Lipinski definition) is 1. The van der Waals surface area contributed by atoms with Crippen molar-refractivity contribution < 1.29 is 17.9 Å². The summed E-state index contributed by atoms with van der Waals surface area (Å²) in [5.41, 5.74) is -0.859. The molecule has 1 N–H and O–H groups in total. The highest BCUT2D eigenvalue weighted by molar-refractivity contribution is 14.0. The molecule has 10 heteroatoms. The number of aliphatic imine (C=N–C) groups is 1. The molecule has 2 saturated heterocycles. The lowest BCUT2D eigenvalue weighted by atomic mass is 10.2.